The number of nitrogens with zero attached hydrogens (tertiary/aromatic N) is 4. The molecule has 0 unspecified atom stereocenters. The minimum Gasteiger partial charge on any atom is -0.497 e. The normalized spacial score (nSPS) is 14.1. The van der Waals surface area contributed by atoms with Gasteiger partial charge in [0.05, 0.1) is 33.9 Å². The first-order valence-electron chi connectivity index (χ1n) is 9.37. The van der Waals surface area contributed by atoms with Gasteiger partial charge < -0.3 is 19.1 Å². The van der Waals surface area contributed by atoms with E-state index in [4.69, 9.17) is 14.2 Å². The number of pyridine rings is 1. The summed E-state index contributed by atoms with van der Waals surface area (Å²) in [5.41, 5.74) is 1.39. The van der Waals surface area contributed by atoms with E-state index < -0.39 is 0 Å². The molecule has 4 rings (SSSR count). The second kappa shape index (κ2) is 8.36. The zero-order valence-corrected chi connectivity index (χ0v) is 16.4. The number of carbonyl (C=O) groups is 1. The molecule has 9 nitrogen and oxygen atoms in total. The van der Waals surface area contributed by atoms with Crippen molar-refractivity contribution < 1.29 is 19.0 Å². The van der Waals surface area contributed by atoms with Crippen LogP contribution >= 0.6 is 0 Å². The van der Waals surface area contributed by atoms with Crippen molar-refractivity contribution in [1.82, 2.24) is 14.6 Å². The Hall–Kier alpha value is -3.33. The van der Waals surface area contributed by atoms with Crippen LogP contribution in [0, 0.1) is 0 Å². The van der Waals surface area contributed by atoms with Gasteiger partial charge in [-0.3, -0.25) is 10.1 Å². The van der Waals surface area contributed by atoms with E-state index >= 15 is 0 Å². The maximum Gasteiger partial charge on any atom is 0.249 e. The maximum atomic E-state index is 12.5. The van der Waals surface area contributed by atoms with Crippen LogP contribution in [0.4, 0.5) is 11.8 Å². The van der Waals surface area contributed by atoms with E-state index in [1.54, 1.807) is 18.7 Å². The number of benzene rings is 1. The largest absolute Gasteiger partial charge is 0.497 e. The van der Waals surface area contributed by atoms with Crippen molar-refractivity contribution in [2.24, 2.45) is 0 Å². The zero-order valence-electron chi connectivity index (χ0n) is 16.4. The first kappa shape index (κ1) is 19.0. The number of anilines is 2. The summed E-state index contributed by atoms with van der Waals surface area (Å²) in [5, 5.41) is 7.28. The summed E-state index contributed by atoms with van der Waals surface area (Å²) in [6, 6.07) is 11.2. The summed E-state index contributed by atoms with van der Waals surface area (Å²) in [5.74, 6) is 2.20. The van der Waals surface area contributed by atoms with E-state index in [0.29, 0.717) is 30.4 Å². The fourth-order valence-electron chi connectivity index (χ4n) is 3.31. The van der Waals surface area contributed by atoms with Crippen molar-refractivity contribution in [2.45, 2.75) is 6.42 Å². The second-order valence-electron chi connectivity index (χ2n) is 6.61. The molecule has 1 aliphatic heterocycles. The van der Waals surface area contributed by atoms with Gasteiger partial charge in [0, 0.05) is 13.1 Å². The van der Waals surface area contributed by atoms with E-state index in [-0.39, 0.29) is 18.3 Å². The number of nitrogens with one attached hydrogen (secondary N) is 1. The van der Waals surface area contributed by atoms with E-state index in [9.17, 15) is 4.79 Å². The number of fused-ring (bicyclic) bond motifs is 1. The van der Waals surface area contributed by atoms with Crippen LogP contribution in [0.15, 0.2) is 36.4 Å². The third kappa shape index (κ3) is 4.09. The predicted octanol–water partition coefficient (Wildman–Crippen LogP) is 1.76. The average Bonchev–Trinajstić information content (AvgIpc) is 3.17. The van der Waals surface area contributed by atoms with Gasteiger partial charge >= 0.3 is 0 Å². The summed E-state index contributed by atoms with van der Waals surface area (Å²) >= 11 is 0. The lowest BCUT2D eigenvalue weighted by Crippen LogP contribution is -2.37. The molecule has 152 valence electrons. The summed E-state index contributed by atoms with van der Waals surface area (Å²) in [4.78, 5) is 19.1. The molecule has 2 aromatic heterocycles. The van der Waals surface area contributed by atoms with Crippen LogP contribution in [0.2, 0.25) is 0 Å². The van der Waals surface area contributed by atoms with Gasteiger partial charge in [0.1, 0.15) is 11.6 Å². The molecule has 0 radical (unpaired) electrons. The molecule has 1 saturated heterocycles. The zero-order chi connectivity index (χ0) is 20.2. The number of morpholine rings is 1. The van der Waals surface area contributed by atoms with Gasteiger partial charge in [-0.1, -0.05) is 12.1 Å². The van der Waals surface area contributed by atoms with Crippen molar-refractivity contribution in [3.8, 4) is 11.5 Å². The Morgan fingerprint density at radius 1 is 1.17 bits per heavy atom. The fraction of sp³-hybridized carbons (Fsp3) is 0.350. The molecule has 0 atom stereocenters. The van der Waals surface area contributed by atoms with Crippen LogP contribution in [-0.4, -0.2) is 61.0 Å². The fourth-order valence-corrected chi connectivity index (χ4v) is 3.31. The number of aromatic nitrogens is 3. The highest BCUT2D eigenvalue weighted by molar-refractivity contribution is 5.91. The van der Waals surface area contributed by atoms with Crippen LogP contribution in [-0.2, 0) is 16.0 Å². The molecule has 0 saturated carbocycles. The van der Waals surface area contributed by atoms with Crippen LogP contribution in [0.1, 0.15) is 5.56 Å². The first-order chi connectivity index (χ1) is 14.2. The van der Waals surface area contributed by atoms with Gasteiger partial charge in [0.2, 0.25) is 17.5 Å². The van der Waals surface area contributed by atoms with Crippen LogP contribution in [0.5, 0.6) is 11.5 Å². The molecular weight excluding hydrogens is 374 g/mol. The molecule has 3 heterocycles. The topological polar surface area (TPSA) is 90.2 Å². The number of ether oxygens (including phenoxy) is 3. The molecule has 9 heteroatoms. The second-order valence-corrected chi connectivity index (χ2v) is 6.61. The van der Waals surface area contributed by atoms with Crippen molar-refractivity contribution in [2.75, 3.05) is 50.7 Å². The minimum atomic E-state index is -0.207. The Bertz CT molecular complexity index is 1010. The van der Waals surface area contributed by atoms with E-state index in [0.717, 1.165) is 24.5 Å². The SMILES string of the molecule is COc1cccc(CC(=O)Nc2nc3c(OC)ccc(N4CCOCC4)n3n2)c1. The Balaban J connectivity index is 1.58. The number of rotatable bonds is 6. The summed E-state index contributed by atoms with van der Waals surface area (Å²) in [6.07, 6.45) is 0.195. The first-order valence-corrected chi connectivity index (χ1v) is 9.37. The lowest BCUT2D eigenvalue weighted by atomic mass is 10.1. The Morgan fingerprint density at radius 3 is 2.76 bits per heavy atom. The lowest BCUT2D eigenvalue weighted by Gasteiger charge is -2.28. The average molecular weight is 397 g/mol. The van der Waals surface area contributed by atoms with Gasteiger partial charge in [-0.25, -0.2) is 0 Å². The highest BCUT2D eigenvalue weighted by Gasteiger charge is 2.19. The Morgan fingerprint density at radius 2 is 2.00 bits per heavy atom. The highest BCUT2D eigenvalue weighted by atomic mass is 16.5. The van der Waals surface area contributed by atoms with Gasteiger partial charge in [-0.2, -0.15) is 9.50 Å². The molecular formula is C20H23N5O4. The number of amides is 1. The van der Waals surface area contributed by atoms with Gasteiger partial charge in [-0.05, 0) is 29.8 Å². The maximum absolute atomic E-state index is 12.5. The number of hydrogen-bond donors (Lipinski definition) is 1. The third-order valence-electron chi connectivity index (χ3n) is 4.73. The van der Waals surface area contributed by atoms with E-state index in [2.05, 4.69) is 20.3 Å². The molecule has 1 fully saturated rings. The minimum absolute atomic E-state index is 0.195. The molecule has 1 aliphatic rings. The van der Waals surface area contributed by atoms with Crippen LogP contribution in [0.25, 0.3) is 5.65 Å². The standard InChI is InChI=1S/C20H23N5O4/c1-27-15-5-3-4-14(12-15)13-17(26)21-20-22-19-16(28-2)6-7-18(25(19)23-20)24-8-10-29-11-9-24/h3-7,12H,8-11,13H2,1-2H3,(H,21,23,26). The lowest BCUT2D eigenvalue weighted by molar-refractivity contribution is -0.115. The molecule has 1 N–H and O–H groups in total. The van der Waals surface area contributed by atoms with Crippen molar-refractivity contribution >= 4 is 23.3 Å². The molecule has 0 bridgehead atoms. The van der Waals surface area contributed by atoms with Crippen molar-refractivity contribution in [3.05, 3.63) is 42.0 Å². The van der Waals surface area contributed by atoms with Gasteiger partial charge in [0.25, 0.3) is 0 Å². The smallest absolute Gasteiger partial charge is 0.249 e. The quantitative estimate of drug-likeness (QED) is 0.678. The monoisotopic (exact) mass is 397 g/mol. The molecule has 0 spiro atoms. The molecule has 29 heavy (non-hydrogen) atoms. The number of methoxy groups -OCH3 is 2. The highest BCUT2D eigenvalue weighted by Crippen LogP contribution is 2.26. The van der Waals surface area contributed by atoms with Crippen LogP contribution < -0.4 is 19.7 Å². The molecule has 3 aromatic rings. The van der Waals surface area contributed by atoms with Gasteiger partial charge in [0.15, 0.2) is 5.75 Å². The Kier molecular flexibility index (Phi) is 5.48. The van der Waals surface area contributed by atoms with E-state index in [1.165, 1.54) is 0 Å². The third-order valence-corrected chi connectivity index (χ3v) is 4.73. The molecule has 0 aliphatic carbocycles. The Labute approximate surface area is 168 Å². The summed E-state index contributed by atoms with van der Waals surface area (Å²) in [6.45, 7) is 2.84. The van der Waals surface area contributed by atoms with Crippen molar-refractivity contribution in [3.63, 3.8) is 0 Å². The summed E-state index contributed by atoms with van der Waals surface area (Å²) < 4.78 is 17.8. The predicted molar refractivity (Wildman–Crippen MR) is 108 cm³/mol. The van der Waals surface area contributed by atoms with E-state index in [1.807, 2.05) is 36.4 Å². The number of hydrogen-bond acceptors (Lipinski definition) is 7. The molecule has 1 aromatic carbocycles. The molecule has 1 amide bonds. The van der Waals surface area contributed by atoms with Crippen molar-refractivity contribution in [1.29, 1.82) is 0 Å². The van der Waals surface area contributed by atoms with Gasteiger partial charge in [-0.15, -0.1) is 5.10 Å². The van der Waals surface area contributed by atoms with Crippen LogP contribution in [0.3, 0.4) is 0 Å². The summed E-state index contributed by atoms with van der Waals surface area (Å²) in [7, 11) is 3.18. The number of carbonyl (C=O) groups excluding carboxylic acids is 1.